The van der Waals surface area contributed by atoms with Crippen molar-refractivity contribution in [1.29, 1.82) is 0 Å². The maximum atomic E-state index is 13.4. The van der Waals surface area contributed by atoms with Gasteiger partial charge in [-0.05, 0) is 31.0 Å². The maximum Gasteiger partial charge on any atom is 0.309 e. The molecule has 9 heteroatoms. The van der Waals surface area contributed by atoms with Crippen molar-refractivity contribution in [2.24, 2.45) is 17.3 Å². The van der Waals surface area contributed by atoms with E-state index in [0.29, 0.717) is 17.9 Å². The molecule has 0 spiro atoms. The van der Waals surface area contributed by atoms with Crippen LogP contribution in [0.15, 0.2) is 29.3 Å². The number of ether oxygens (including phenoxy) is 2. The molecule has 0 unspecified atom stereocenters. The monoisotopic (exact) mass is 537 g/mol. The van der Waals surface area contributed by atoms with Gasteiger partial charge >= 0.3 is 5.97 Å². The molecular formula is C27H36ClNO6S. The van der Waals surface area contributed by atoms with Gasteiger partial charge in [0.25, 0.3) is 0 Å². The Balaban J connectivity index is 1.92. The molecule has 1 aliphatic heterocycles. The Morgan fingerprint density at radius 1 is 1.25 bits per heavy atom. The summed E-state index contributed by atoms with van der Waals surface area (Å²) < 4.78 is 12.6. The van der Waals surface area contributed by atoms with Crippen molar-refractivity contribution >= 4 is 44.9 Å². The molecule has 36 heavy (non-hydrogen) atoms. The number of hydrogen-bond acceptors (Lipinski definition) is 8. The quantitative estimate of drug-likeness (QED) is 0.513. The van der Waals surface area contributed by atoms with Crippen molar-refractivity contribution in [2.45, 2.75) is 72.2 Å². The zero-order chi connectivity index (χ0) is 26.6. The molecule has 0 saturated heterocycles. The summed E-state index contributed by atoms with van der Waals surface area (Å²) in [6, 6.07) is 5.74. The van der Waals surface area contributed by atoms with Gasteiger partial charge in [0, 0.05) is 23.3 Å². The summed E-state index contributed by atoms with van der Waals surface area (Å²) in [7, 11) is 0. The molecule has 2 aromatic rings. The van der Waals surface area contributed by atoms with Crippen LogP contribution in [0.2, 0.25) is 0 Å². The predicted molar refractivity (Wildman–Crippen MR) is 141 cm³/mol. The van der Waals surface area contributed by atoms with Crippen LogP contribution < -0.4 is 0 Å². The molecule has 3 rings (SSSR count). The lowest BCUT2D eigenvalue weighted by Gasteiger charge is -2.35. The van der Waals surface area contributed by atoms with E-state index in [9.17, 15) is 19.8 Å². The van der Waals surface area contributed by atoms with Crippen molar-refractivity contribution in [2.75, 3.05) is 13.2 Å². The Kier molecular flexibility index (Phi) is 9.68. The van der Waals surface area contributed by atoms with E-state index in [1.165, 1.54) is 0 Å². The number of carbonyl (C=O) groups is 2. The Hall–Kier alpha value is -1.84. The summed E-state index contributed by atoms with van der Waals surface area (Å²) in [6.07, 6.45) is -0.784. The topological polar surface area (TPSA) is 106 Å². The molecule has 2 heterocycles. The number of esters is 1. The lowest BCUT2D eigenvalue weighted by Crippen LogP contribution is -2.46. The maximum absolute atomic E-state index is 13.4. The number of rotatable bonds is 2. The predicted octanol–water partition coefficient (Wildman–Crippen LogP) is 5.10. The Labute approximate surface area is 221 Å². The van der Waals surface area contributed by atoms with Crippen LogP contribution in [0.4, 0.5) is 0 Å². The van der Waals surface area contributed by atoms with Gasteiger partial charge in [0.15, 0.2) is 0 Å². The molecule has 2 N–H and O–H groups in total. The Bertz CT molecular complexity index is 1110. The van der Waals surface area contributed by atoms with Crippen LogP contribution in [0.1, 0.15) is 63.6 Å². The van der Waals surface area contributed by atoms with Gasteiger partial charge in [-0.1, -0.05) is 51.4 Å². The van der Waals surface area contributed by atoms with Crippen molar-refractivity contribution in [3.05, 3.63) is 39.9 Å². The van der Waals surface area contributed by atoms with E-state index in [0.717, 1.165) is 20.8 Å². The summed E-state index contributed by atoms with van der Waals surface area (Å²) in [5.74, 6) is -1.95. The fraction of sp³-hybridized carbons (Fsp3) is 0.593. The van der Waals surface area contributed by atoms with Gasteiger partial charge in [-0.25, -0.2) is 4.98 Å². The number of halogens is 1. The van der Waals surface area contributed by atoms with Crippen molar-refractivity contribution in [3.8, 4) is 0 Å². The molecule has 0 radical (unpaired) electrons. The number of hydrogen-bond donors (Lipinski definition) is 2. The number of aromatic nitrogens is 1. The lowest BCUT2D eigenvalue weighted by molar-refractivity contribution is -0.156. The molecule has 1 aromatic heterocycles. The van der Waals surface area contributed by atoms with Crippen molar-refractivity contribution in [1.82, 2.24) is 4.98 Å². The number of cyclic esters (lactones) is 1. The molecule has 0 bridgehead atoms. The fourth-order valence-electron chi connectivity index (χ4n) is 4.49. The SMILES string of the molecule is CC[C@H]1C(=O)C(C)(C)[C@@H](O)CC(=O)O[C@H](c2ccc3sc(C)nc3c2)C/C=C(/Cl)COC[C@H](C)[C@@H]1O. The summed E-state index contributed by atoms with van der Waals surface area (Å²) in [5, 5.41) is 23.2. The number of aryl methyl sites for hydroxylation is 1. The van der Waals surface area contributed by atoms with Crippen molar-refractivity contribution in [3.63, 3.8) is 0 Å². The van der Waals surface area contributed by atoms with Gasteiger partial charge in [0.1, 0.15) is 11.9 Å². The van der Waals surface area contributed by atoms with Crippen LogP contribution >= 0.6 is 22.9 Å². The molecule has 0 aliphatic carbocycles. The van der Waals surface area contributed by atoms with E-state index in [2.05, 4.69) is 4.98 Å². The molecule has 1 aliphatic rings. The number of thiazole rings is 1. The lowest BCUT2D eigenvalue weighted by atomic mass is 9.72. The van der Waals surface area contributed by atoms with E-state index >= 15 is 0 Å². The van der Waals surface area contributed by atoms with Crippen LogP contribution in [0.25, 0.3) is 10.2 Å². The number of nitrogens with zero attached hydrogens (tertiary/aromatic N) is 1. The molecular weight excluding hydrogens is 502 g/mol. The number of carbonyl (C=O) groups excluding carboxylic acids is 2. The van der Waals surface area contributed by atoms with E-state index in [1.807, 2.05) is 39.0 Å². The average molecular weight is 538 g/mol. The smallest absolute Gasteiger partial charge is 0.309 e. The Morgan fingerprint density at radius 3 is 2.67 bits per heavy atom. The number of aliphatic hydroxyl groups is 2. The molecule has 5 atom stereocenters. The van der Waals surface area contributed by atoms with E-state index < -0.39 is 35.6 Å². The first kappa shape index (κ1) is 28.7. The van der Waals surface area contributed by atoms with Gasteiger partial charge < -0.3 is 19.7 Å². The first-order chi connectivity index (χ1) is 16.9. The number of aliphatic hydroxyl groups excluding tert-OH is 2. The number of Topliss-reactive ketones (excluding diaryl/α,β-unsaturated/α-hetero) is 1. The van der Waals surface area contributed by atoms with Gasteiger partial charge in [0.2, 0.25) is 0 Å². The first-order valence-corrected chi connectivity index (χ1v) is 13.5. The molecule has 7 nitrogen and oxygen atoms in total. The second-order valence-electron chi connectivity index (χ2n) is 10.1. The standard InChI is InChI=1S/C27H36ClNO6S/c1-6-19-25(32)15(2)13-34-14-18(28)8-9-21(17-7-10-22-20(11-17)29-16(3)36-22)35-24(31)12-23(30)27(4,5)26(19)33/h7-8,10-11,15,19,21,23,25,30,32H,6,9,12-14H2,1-5H3/b18-8+/t15-,19+,21-,23-,25-/m0/s1. The zero-order valence-corrected chi connectivity index (χ0v) is 23.1. The van der Waals surface area contributed by atoms with Crippen molar-refractivity contribution < 1.29 is 29.3 Å². The second-order valence-corrected chi connectivity index (χ2v) is 11.8. The third kappa shape index (κ3) is 6.72. The number of ketones is 1. The van der Waals surface area contributed by atoms with E-state index in [1.54, 1.807) is 31.3 Å². The number of benzene rings is 1. The first-order valence-electron chi connectivity index (χ1n) is 12.3. The van der Waals surface area contributed by atoms with Gasteiger partial charge in [-0.15, -0.1) is 11.3 Å². The zero-order valence-electron chi connectivity index (χ0n) is 21.5. The highest BCUT2D eigenvalue weighted by Crippen LogP contribution is 2.34. The van der Waals surface area contributed by atoms with Crippen LogP contribution in [-0.2, 0) is 19.1 Å². The van der Waals surface area contributed by atoms with Gasteiger partial charge in [-0.3, -0.25) is 9.59 Å². The molecule has 198 valence electrons. The number of fused-ring (bicyclic) bond motifs is 1. The molecule has 0 amide bonds. The summed E-state index contributed by atoms with van der Waals surface area (Å²) in [6.45, 7) is 9.13. The summed E-state index contributed by atoms with van der Waals surface area (Å²) >= 11 is 7.97. The third-order valence-corrected chi connectivity index (χ3v) is 8.15. The van der Waals surface area contributed by atoms with E-state index in [4.69, 9.17) is 21.1 Å². The highest BCUT2D eigenvalue weighted by molar-refractivity contribution is 7.18. The highest BCUT2D eigenvalue weighted by Gasteiger charge is 2.43. The van der Waals surface area contributed by atoms with Crippen LogP contribution in [0.5, 0.6) is 0 Å². The third-order valence-electron chi connectivity index (χ3n) is 6.94. The normalized spacial score (nSPS) is 30.6. The van der Waals surface area contributed by atoms with E-state index in [-0.39, 0.29) is 31.3 Å². The van der Waals surface area contributed by atoms with Crippen LogP contribution in [-0.4, -0.2) is 52.4 Å². The van der Waals surface area contributed by atoms with Crippen LogP contribution in [0, 0.1) is 24.2 Å². The average Bonchev–Trinajstić information content (AvgIpc) is 3.20. The van der Waals surface area contributed by atoms with Gasteiger partial charge in [0.05, 0.1) is 52.5 Å². The van der Waals surface area contributed by atoms with Crippen LogP contribution in [0.3, 0.4) is 0 Å². The van der Waals surface area contributed by atoms with Gasteiger partial charge in [-0.2, -0.15) is 0 Å². The second kappa shape index (κ2) is 12.1. The molecule has 1 aromatic carbocycles. The fourth-order valence-corrected chi connectivity index (χ4v) is 5.46. The Morgan fingerprint density at radius 2 is 1.97 bits per heavy atom. The minimum Gasteiger partial charge on any atom is -0.457 e. The summed E-state index contributed by atoms with van der Waals surface area (Å²) in [4.78, 5) is 30.9. The molecule has 0 fully saturated rings. The minimum atomic E-state index is -1.28. The largest absolute Gasteiger partial charge is 0.457 e. The summed E-state index contributed by atoms with van der Waals surface area (Å²) in [5.41, 5.74) is 0.326. The molecule has 0 saturated carbocycles. The minimum absolute atomic E-state index is 0.137. The highest BCUT2D eigenvalue weighted by atomic mass is 35.5.